The smallest absolute Gasteiger partial charge is 0.234 e. The van der Waals surface area contributed by atoms with Crippen molar-refractivity contribution in [1.82, 2.24) is 15.5 Å². The highest BCUT2D eigenvalue weighted by Crippen LogP contribution is 2.17. The van der Waals surface area contributed by atoms with Crippen molar-refractivity contribution in [2.75, 3.05) is 26.2 Å². The first-order chi connectivity index (χ1) is 10.4. The van der Waals surface area contributed by atoms with Gasteiger partial charge in [0.25, 0.3) is 0 Å². The number of fused-ring (bicyclic) bond motifs is 1. The first kappa shape index (κ1) is 17.0. The van der Waals surface area contributed by atoms with Gasteiger partial charge in [0, 0.05) is 25.2 Å². The van der Waals surface area contributed by atoms with Gasteiger partial charge in [-0.1, -0.05) is 24.3 Å². The van der Waals surface area contributed by atoms with E-state index in [1.165, 1.54) is 11.1 Å². The lowest BCUT2D eigenvalue weighted by atomic mass is 10.00. The van der Waals surface area contributed by atoms with Crippen LogP contribution in [0.3, 0.4) is 0 Å². The molecule has 1 amide bonds. The van der Waals surface area contributed by atoms with E-state index in [4.69, 9.17) is 0 Å². The molecule has 0 aliphatic carbocycles. The molecule has 2 N–H and O–H groups in total. The molecule has 122 valence electrons. The van der Waals surface area contributed by atoms with Crippen LogP contribution in [0.5, 0.6) is 0 Å². The molecule has 1 aromatic carbocycles. The fraction of sp³-hybridized carbons (Fsp3) is 0.611. The average Bonchev–Trinajstić information content (AvgIpc) is 2.45. The molecule has 0 fully saturated rings. The lowest BCUT2D eigenvalue weighted by Gasteiger charge is -2.28. The molecule has 0 saturated carbocycles. The molecule has 0 aromatic heterocycles. The van der Waals surface area contributed by atoms with E-state index >= 15 is 0 Å². The Morgan fingerprint density at radius 2 is 1.91 bits per heavy atom. The van der Waals surface area contributed by atoms with Gasteiger partial charge in [-0.3, -0.25) is 9.69 Å². The normalized spacial score (nSPS) is 15.4. The summed E-state index contributed by atoms with van der Waals surface area (Å²) in [5.74, 6) is 0.134. The summed E-state index contributed by atoms with van der Waals surface area (Å²) < 4.78 is 0. The van der Waals surface area contributed by atoms with Gasteiger partial charge in [0.05, 0.1) is 6.54 Å². The van der Waals surface area contributed by atoms with Crippen molar-refractivity contribution in [2.24, 2.45) is 0 Å². The Hall–Kier alpha value is -1.39. The second-order valence-corrected chi connectivity index (χ2v) is 7.11. The maximum atomic E-state index is 12.0. The van der Waals surface area contributed by atoms with Crippen LogP contribution in [0, 0.1) is 0 Å². The van der Waals surface area contributed by atoms with Crippen molar-refractivity contribution < 1.29 is 4.79 Å². The molecule has 0 bridgehead atoms. The van der Waals surface area contributed by atoms with Gasteiger partial charge in [-0.2, -0.15) is 0 Å². The molecule has 0 spiro atoms. The van der Waals surface area contributed by atoms with E-state index in [2.05, 4.69) is 60.6 Å². The molecule has 4 nitrogen and oxygen atoms in total. The summed E-state index contributed by atoms with van der Waals surface area (Å²) in [5.41, 5.74) is 2.92. The number of amides is 1. The third-order valence-electron chi connectivity index (χ3n) is 3.91. The molecular formula is C18H29N3O. The highest BCUT2D eigenvalue weighted by Gasteiger charge is 2.17. The van der Waals surface area contributed by atoms with Gasteiger partial charge in [-0.15, -0.1) is 0 Å². The van der Waals surface area contributed by atoms with Crippen molar-refractivity contribution in [2.45, 2.75) is 45.7 Å². The summed E-state index contributed by atoms with van der Waals surface area (Å²) in [7, 11) is 0. The minimum Gasteiger partial charge on any atom is -0.355 e. The van der Waals surface area contributed by atoms with Gasteiger partial charge in [-0.05, 0) is 51.3 Å². The summed E-state index contributed by atoms with van der Waals surface area (Å²) in [6.07, 6.45) is 2.00. The molecule has 0 saturated heterocycles. The van der Waals surface area contributed by atoms with E-state index in [0.29, 0.717) is 6.54 Å². The van der Waals surface area contributed by atoms with E-state index in [0.717, 1.165) is 39.0 Å². The Balaban J connectivity index is 1.64. The van der Waals surface area contributed by atoms with E-state index in [9.17, 15) is 4.79 Å². The number of nitrogens with zero attached hydrogens (tertiary/aromatic N) is 1. The molecule has 0 unspecified atom stereocenters. The molecular weight excluding hydrogens is 274 g/mol. The Kier molecular flexibility index (Phi) is 5.98. The van der Waals surface area contributed by atoms with Crippen LogP contribution in [0.4, 0.5) is 0 Å². The van der Waals surface area contributed by atoms with Crippen LogP contribution < -0.4 is 10.6 Å². The van der Waals surface area contributed by atoms with Crippen molar-refractivity contribution in [3.63, 3.8) is 0 Å². The third kappa shape index (κ3) is 5.78. The molecule has 1 heterocycles. The number of nitrogens with one attached hydrogen (secondary N) is 2. The second-order valence-electron chi connectivity index (χ2n) is 7.11. The molecule has 0 radical (unpaired) electrons. The van der Waals surface area contributed by atoms with Crippen molar-refractivity contribution in [3.05, 3.63) is 35.4 Å². The number of hydrogen-bond donors (Lipinski definition) is 2. The quantitative estimate of drug-likeness (QED) is 0.790. The molecule has 0 atom stereocenters. The number of hydrogen-bond acceptors (Lipinski definition) is 3. The molecule has 22 heavy (non-hydrogen) atoms. The summed E-state index contributed by atoms with van der Waals surface area (Å²) in [6.45, 7) is 10.5. The van der Waals surface area contributed by atoms with Crippen LogP contribution in [0.1, 0.15) is 38.3 Å². The first-order valence-electron chi connectivity index (χ1n) is 8.25. The summed E-state index contributed by atoms with van der Waals surface area (Å²) in [6, 6.07) is 8.52. The van der Waals surface area contributed by atoms with Gasteiger partial charge in [0.15, 0.2) is 0 Å². The van der Waals surface area contributed by atoms with Gasteiger partial charge in [-0.25, -0.2) is 0 Å². The fourth-order valence-corrected chi connectivity index (χ4v) is 2.73. The zero-order valence-corrected chi connectivity index (χ0v) is 14.1. The predicted molar refractivity (Wildman–Crippen MR) is 90.8 cm³/mol. The number of carbonyl (C=O) groups excluding carboxylic acids is 1. The highest BCUT2D eigenvalue weighted by molar-refractivity contribution is 5.78. The molecule has 2 rings (SSSR count). The number of benzene rings is 1. The summed E-state index contributed by atoms with van der Waals surface area (Å²) in [5, 5.41) is 6.45. The van der Waals surface area contributed by atoms with Gasteiger partial charge >= 0.3 is 0 Å². The van der Waals surface area contributed by atoms with Gasteiger partial charge in [0.2, 0.25) is 5.91 Å². The number of rotatable bonds is 6. The lowest BCUT2D eigenvalue weighted by molar-refractivity contribution is -0.122. The SMILES string of the molecule is CC(C)(C)NCCCNC(=O)CN1CCc2ccccc2C1. The van der Waals surface area contributed by atoms with Gasteiger partial charge in [0.1, 0.15) is 0 Å². The number of carbonyl (C=O) groups is 1. The molecule has 1 aliphatic rings. The van der Waals surface area contributed by atoms with E-state index < -0.39 is 0 Å². The van der Waals surface area contributed by atoms with Gasteiger partial charge < -0.3 is 10.6 Å². The average molecular weight is 303 g/mol. The maximum Gasteiger partial charge on any atom is 0.234 e. The van der Waals surface area contributed by atoms with Crippen molar-refractivity contribution in [1.29, 1.82) is 0 Å². The Labute approximate surface area is 134 Å². The lowest BCUT2D eigenvalue weighted by Crippen LogP contribution is -2.41. The van der Waals surface area contributed by atoms with Crippen LogP contribution in [-0.2, 0) is 17.8 Å². The molecule has 1 aliphatic heterocycles. The monoisotopic (exact) mass is 303 g/mol. The maximum absolute atomic E-state index is 12.0. The topological polar surface area (TPSA) is 44.4 Å². The zero-order valence-electron chi connectivity index (χ0n) is 14.1. The Morgan fingerprint density at radius 1 is 1.18 bits per heavy atom. The largest absolute Gasteiger partial charge is 0.355 e. The highest BCUT2D eigenvalue weighted by atomic mass is 16.2. The van der Waals surface area contributed by atoms with E-state index in [1.54, 1.807) is 0 Å². The van der Waals surface area contributed by atoms with Crippen LogP contribution in [0.2, 0.25) is 0 Å². The summed E-state index contributed by atoms with van der Waals surface area (Å²) >= 11 is 0. The minimum atomic E-state index is 0.134. The van der Waals surface area contributed by atoms with Crippen LogP contribution >= 0.6 is 0 Å². The van der Waals surface area contributed by atoms with E-state index in [-0.39, 0.29) is 11.4 Å². The standard InChI is InChI=1S/C18H29N3O/c1-18(2,3)20-11-6-10-19-17(22)14-21-12-9-15-7-4-5-8-16(15)13-21/h4-5,7-8,20H,6,9-14H2,1-3H3,(H,19,22). The fourth-order valence-electron chi connectivity index (χ4n) is 2.73. The van der Waals surface area contributed by atoms with Crippen molar-refractivity contribution in [3.8, 4) is 0 Å². The first-order valence-corrected chi connectivity index (χ1v) is 8.25. The molecule has 1 aromatic rings. The van der Waals surface area contributed by atoms with Crippen LogP contribution in [0.25, 0.3) is 0 Å². The summed E-state index contributed by atoms with van der Waals surface area (Å²) in [4.78, 5) is 14.2. The van der Waals surface area contributed by atoms with E-state index in [1.807, 2.05) is 0 Å². The zero-order chi connectivity index (χ0) is 16.0. The minimum absolute atomic E-state index is 0.134. The molecule has 4 heteroatoms. The third-order valence-corrected chi connectivity index (χ3v) is 3.91. The Bertz CT molecular complexity index is 493. The Morgan fingerprint density at radius 3 is 2.64 bits per heavy atom. The van der Waals surface area contributed by atoms with Crippen LogP contribution in [-0.4, -0.2) is 42.5 Å². The second kappa shape index (κ2) is 7.75. The van der Waals surface area contributed by atoms with Crippen molar-refractivity contribution >= 4 is 5.91 Å². The van der Waals surface area contributed by atoms with Crippen LogP contribution in [0.15, 0.2) is 24.3 Å². The predicted octanol–water partition coefficient (Wildman–Crippen LogP) is 1.94.